The number of halogens is 2. The Balaban J connectivity index is 1.76. The van der Waals surface area contributed by atoms with Crippen LogP contribution >= 0.6 is 11.6 Å². The van der Waals surface area contributed by atoms with Crippen LogP contribution in [-0.2, 0) is 24.3 Å². The molecule has 0 aliphatic carbocycles. The van der Waals surface area contributed by atoms with Crippen LogP contribution in [-0.4, -0.2) is 20.3 Å². The SMILES string of the molecule is O=C(Cn1nc2n(c1=O)CCCCC2)Nc1cccc(Cl)c1F. The lowest BCUT2D eigenvalue weighted by Gasteiger charge is -2.06. The Morgan fingerprint density at radius 1 is 1.35 bits per heavy atom. The van der Waals surface area contributed by atoms with Crippen LogP contribution in [0.15, 0.2) is 23.0 Å². The van der Waals surface area contributed by atoms with E-state index in [4.69, 9.17) is 11.6 Å². The summed E-state index contributed by atoms with van der Waals surface area (Å²) in [4.78, 5) is 24.3. The zero-order valence-electron chi connectivity index (χ0n) is 12.4. The van der Waals surface area contributed by atoms with Gasteiger partial charge in [-0.15, -0.1) is 0 Å². The lowest BCUT2D eigenvalue weighted by Crippen LogP contribution is -2.30. The number of amides is 1. The van der Waals surface area contributed by atoms with Crippen LogP contribution in [0.3, 0.4) is 0 Å². The summed E-state index contributed by atoms with van der Waals surface area (Å²) >= 11 is 5.67. The molecule has 1 aliphatic rings. The van der Waals surface area contributed by atoms with Crippen molar-refractivity contribution >= 4 is 23.2 Å². The number of nitrogens with zero attached hydrogens (tertiary/aromatic N) is 3. The van der Waals surface area contributed by atoms with Crippen LogP contribution in [0.25, 0.3) is 0 Å². The third kappa shape index (κ3) is 3.29. The molecule has 1 aromatic carbocycles. The third-order valence-corrected chi connectivity index (χ3v) is 4.09. The van der Waals surface area contributed by atoms with Crippen molar-refractivity contribution in [1.82, 2.24) is 14.3 Å². The predicted molar refractivity (Wildman–Crippen MR) is 84.1 cm³/mol. The number of nitrogens with one attached hydrogen (secondary N) is 1. The number of aromatic nitrogens is 3. The molecule has 122 valence electrons. The molecule has 23 heavy (non-hydrogen) atoms. The van der Waals surface area contributed by atoms with E-state index in [0.717, 1.165) is 30.4 Å². The topological polar surface area (TPSA) is 68.9 Å². The fourth-order valence-corrected chi connectivity index (χ4v) is 2.83. The summed E-state index contributed by atoms with van der Waals surface area (Å²) in [5.41, 5.74) is -0.320. The molecule has 0 saturated heterocycles. The van der Waals surface area contributed by atoms with Gasteiger partial charge in [-0.25, -0.2) is 13.9 Å². The van der Waals surface area contributed by atoms with E-state index in [0.29, 0.717) is 12.4 Å². The number of carbonyl (C=O) groups is 1. The predicted octanol–water partition coefficient (Wildman–Crippen LogP) is 2.20. The first-order chi connectivity index (χ1) is 11.1. The smallest absolute Gasteiger partial charge is 0.322 e. The molecule has 1 aromatic heterocycles. The molecule has 2 aromatic rings. The van der Waals surface area contributed by atoms with E-state index in [-0.39, 0.29) is 22.9 Å². The summed E-state index contributed by atoms with van der Waals surface area (Å²) in [6.07, 6.45) is 3.71. The molecule has 8 heteroatoms. The highest BCUT2D eigenvalue weighted by atomic mass is 35.5. The van der Waals surface area contributed by atoms with Gasteiger partial charge in [-0.3, -0.25) is 9.36 Å². The molecule has 6 nitrogen and oxygen atoms in total. The number of anilines is 1. The lowest BCUT2D eigenvalue weighted by molar-refractivity contribution is -0.117. The second-order valence-corrected chi connectivity index (χ2v) is 5.88. The highest BCUT2D eigenvalue weighted by molar-refractivity contribution is 6.31. The molecule has 0 atom stereocenters. The van der Waals surface area contributed by atoms with Gasteiger partial charge in [0.25, 0.3) is 0 Å². The van der Waals surface area contributed by atoms with Crippen LogP contribution < -0.4 is 11.0 Å². The van der Waals surface area contributed by atoms with Gasteiger partial charge < -0.3 is 5.32 Å². The van der Waals surface area contributed by atoms with Crippen molar-refractivity contribution in [2.75, 3.05) is 5.32 Å². The molecular weight excluding hydrogens is 323 g/mol. The van der Waals surface area contributed by atoms with Crippen LogP contribution in [0, 0.1) is 5.82 Å². The quantitative estimate of drug-likeness (QED) is 0.932. The van der Waals surface area contributed by atoms with E-state index >= 15 is 0 Å². The van der Waals surface area contributed by atoms with E-state index in [9.17, 15) is 14.0 Å². The Morgan fingerprint density at radius 3 is 3.00 bits per heavy atom. The fraction of sp³-hybridized carbons (Fsp3) is 0.400. The highest BCUT2D eigenvalue weighted by Gasteiger charge is 2.18. The van der Waals surface area contributed by atoms with Crippen molar-refractivity contribution in [1.29, 1.82) is 0 Å². The van der Waals surface area contributed by atoms with Crippen LogP contribution in [0.2, 0.25) is 5.02 Å². The third-order valence-electron chi connectivity index (χ3n) is 3.80. The minimum absolute atomic E-state index is 0.0173. The minimum Gasteiger partial charge on any atom is -0.322 e. The second kappa shape index (κ2) is 6.54. The summed E-state index contributed by atoms with van der Waals surface area (Å²) < 4.78 is 16.5. The first-order valence-corrected chi connectivity index (χ1v) is 7.84. The fourth-order valence-electron chi connectivity index (χ4n) is 2.65. The number of rotatable bonds is 3. The van der Waals surface area contributed by atoms with E-state index in [2.05, 4.69) is 10.4 Å². The number of hydrogen-bond acceptors (Lipinski definition) is 3. The Hall–Kier alpha value is -2.15. The van der Waals surface area contributed by atoms with Crippen LogP contribution in [0.1, 0.15) is 25.1 Å². The Morgan fingerprint density at radius 2 is 2.17 bits per heavy atom. The number of carbonyl (C=O) groups excluding carboxylic acids is 1. The second-order valence-electron chi connectivity index (χ2n) is 5.47. The first kappa shape index (κ1) is 15.7. The Kier molecular flexibility index (Phi) is 4.47. The molecule has 0 fully saturated rings. The molecule has 1 N–H and O–H groups in total. The summed E-state index contributed by atoms with van der Waals surface area (Å²) in [5.74, 6) is -0.522. The molecule has 3 rings (SSSR count). The zero-order valence-corrected chi connectivity index (χ0v) is 13.1. The van der Waals surface area contributed by atoms with Crippen molar-refractivity contribution in [3.05, 3.63) is 45.3 Å². The van der Waals surface area contributed by atoms with Crippen LogP contribution in [0.5, 0.6) is 0 Å². The molecule has 1 aliphatic heterocycles. The summed E-state index contributed by atoms with van der Waals surface area (Å²) in [6.45, 7) is 0.365. The molecule has 0 spiro atoms. The molecule has 1 amide bonds. The number of benzene rings is 1. The normalized spacial score (nSPS) is 14.2. The Bertz CT molecular complexity index is 799. The van der Waals surface area contributed by atoms with Gasteiger partial charge in [-0.1, -0.05) is 24.1 Å². The molecule has 2 heterocycles. The summed E-state index contributed by atoms with van der Waals surface area (Å²) in [6, 6.07) is 4.33. The monoisotopic (exact) mass is 338 g/mol. The average Bonchev–Trinajstić information content (AvgIpc) is 2.69. The van der Waals surface area contributed by atoms with Gasteiger partial charge >= 0.3 is 5.69 Å². The molecule has 0 radical (unpaired) electrons. The van der Waals surface area contributed by atoms with Gasteiger partial charge in [-0.2, -0.15) is 5.10 Å². The highest BCUT2D eigenvalue weighted by Crippen LogP contribution is 2.21. The number of aryl methyl sites for hydroxylation is 1. The van der Waals surface area contributed by atoms with Crippen molar-refractivity contribution in [2.45, 2.75) is 38.8 Å². The van der Waals surface area contributed by atoms with E-state index < -0.39 is 11.7 Å². The van der Waals surface area contributed by atoms with Gasteiger partial charge in [0.2, 0.25) is 5.91 Å². The van der Waals surface area contributed by atoms with E-state index in [1.165, 1.54) is 18.2 Å². The van der Waals surface area contributed by atoms with E-state index in [1.54, 1.807) is 4.57 Å². The van der Waals surface area contributed by atoms with Gasteiger partial charge in [0.1, 0.15) is 12.4 Å². The van der Waals surface area contributed by atoms with Gasteiger partial charge in [0, 0.05) is 13.0 Å². The van der Waals surface area contributed by atoms with Crippen molar-refractivity contribution in [2.24, 2.45) is 0 Å². The minimum atomic E-state index is -0.699. The maximum Gasteiger partial charge on any atom is 0.346 e. The van der Waals surface area contributed by atoms with Gasteiger partial charge in [0.05, 0.1) is 10.7 Å². The van der Waals surface area contributed by atoms with Crippen molar-refractivity contribution in [3.63, 3.8) is 0 Å². The maximum atomic E-state index is 13.8. The summed E-state index contributed by atoms with van der Waals surface area (Å²) in [5, 5.41) is 6.56. The first-order valence-electron chi connectivity index (χ1n) is 7.46. The Labute approximate surface area is 136 Å². The molecule has 0 bridgehead atoms. The van der Waals surface area contributed by atoms with Crippen molar-refractivity contribution in [3.8, 4) is 0 Å². The molecular formula is C15H16ClFN4O2. The maximum absolute atomic E-state index is 13.8. The number of fused-ring (bicyclic) bond motifs is 1. The lowest BCUT2D eigenvalue weighted by atomic mass is 10.2. The average molecular weight is 339 g/mol. The van der Waals surface area contributed by atoms with Crippen molar-refractivity contribution < 1.29 is 9.18 Å². The van der Waals surface area contributed by atoms with Gasteiger partial charge in [0.15, 0.2) is 5.82 Å². The summed E-state index contributed by atoms with van der Waals surface area (Å²) in [7, 11) is 0. The largest absolute Gasteiger partial charge is 0.346 e. The van der Waals surface area contributed by atoms with E-state index in [1.807, 2.05) is 0 Å². The zero-order chi connectivity index (χ0) is 16.4. The van der Waals surface area contributed by atoms with Crippen LogP contribution in [0.4, 0.5) is 10.1 Å². The molecule has 0 saturated carbocycles. The molecule has 0 unspecified atom stereocenters. The van der Waals surface area contributed by atoms with Gasteiger partial charge in [-0.05, 0) is 25.0 Å². The number of hydrogen-bond donors (Lipinski definition) is 1. The standard InChI is InChI=1S/C15H16ClFN4O2/c16-10-5-4-6-11(14(10)17)18-13(22)9-21-15(23)20-8-3-1-2-7-12(20)19-21/h4-6H,1-3,7-9H2,(H,18,22).